The van der Waals surface area contributed by atoms with Gasteiger partial charge >= 0.3 is 6.09 Å². The number of hydrogen-bond acceptors (Lipinski definition) is 5. The van der Waals surface area contributed by atoms with Crippen molar-refractivity contribution < 1.29 is 19.1 Å². The van der Waals surface area contributed by atoms with E-state index in [2.05, 4.69) is 29.5 Å². The molecule has 9 nitrogen and oxygen atoms in total. The zero-order valence-corrected chi connectivity index (χ0v) is 19.6. The van der Waals surface area contributed by atoms with Crippen LogP contribution in [0.2, 0.25) is 0 Å². The summed E-state index contributed by atoms with van der Waals surface area (Å²) in [4.78, 5) is 31.6. The fraction of sp³-hybridized carbons (Fsp3) is 0.857. The van der Waals surface area contributed by atoms with E-state index < -0.39 is 0 Å². The van der Waals surface area contributed by atoms with Crippen LogP contribution < -0.4 is 10.6 Å². The molecule has 174 valence electrons. The number of amides is 2. The fourth-order valence-corrected chi connectivity index (χ4v) is 3.21. The predicted octanol–water partition coefficient (Wildman–Crippen LogP) is 1.68. The first-order valence-corrected chi connectivity index (χ1v) is 11.1. The molecule has 1 unspecified atom stereocenters. The van der Waals surface area contributed by atoms with Gasteiger partial charge in [-0.3, -0.25) is 4.79 Å². The van der Waals surface area contributed by atoms with Crippen LogP contribution in [-0.4, -0.2) is 93.4 Å². The summed E-state index contributed by atoms with van der Waals surface area (Å²) in [6, 6.07) is 0.184. The van der Waals surface area contributed by atoms with E-state index in [9.17, 15) is 9.59 Å². The number of piperidine rings is 1. The number of aliphatic imine (C=N–C) groups is 1. The Morgan fingerprint density at radius 1 is 1.17 bits per heavy atom. The highest BCUT2D eigenvalue weighted by Crippen LogP contribution is 2.12. The van der Waals surface area contributed by atoms with Crippen LogP contribution in [0, 0.1) is 5.92 Å². The molecular formula is C21H41N5O4. The third kappa shape index (κ3) is 9.65. The lowest BCUT2D eigenvalue weighted by Crippen LogP contribution is -2.50. The Bertz CT molecular complexity index is 546. The molecule has 0 radical (unpaired) electrons. The lowest BCUT2D eigenvalue weighted by atomic mass is 10.0. The fourth-order valence-electron chi connectivity index (χ4n) is 3.21. The third-order valence-corrected chi connectivity index (χ3v) is 5.08. The normalized spacial score (nSPS) is 16.4. The van der Waals surface area contributed by atoms with Crippen molar-refractivity contribution in [1.29, 1.82) is 0 Å². The van der Waals surface area contributed by atoms with Crippen molar-refractivity contribution >= 4 is 18.0 Å². The number of carbonyl (C=O) groups excluding carboxylic acids is 2. The topological polar surface area (TPSA) is 95.5 Å². The molecule has 0 aromatic heterocycles. The van der Waals surface area contributed by atoms with Gasteiger partial charge in [-0.25, -0.2) is 9.79 Å². The molecule has 1 rings (SSSR count). The summed E-state index contributed by atoms with van der Waals surface area (Å²) in [5.41, 5.74) is 0. The highest BCUT2D eigenvalue weighted by Gasteiger charge is 2.24. The average molecular weight is 428 g/mol. The van der Waals surface area contributed by atoms with Gasteiger partial charge in [0.15, 0.2) is 5.96 Å². The Kier molecular flexibility index (Phi) is 12.2. The van der Waals surface area contributed by atoms with Gasteiger partial charge in [0.1, 0.15) is 6.54 Å². The molecule has 30 heavy (non-hydrogen) atoms. The standard InChI is InChI=1S/C21H41N5O4/c1-7-29-18(16(3)4)9-12-22-20(23-15-19(27)25(5)6)24-17-10-13-26(14-11-17)21(28)30-8-2/h16-18H,7-15H2,1-6H3,(H2,22,23,24). The van der Waals surface area contributed by atoms with Gasteiger partial charge in [0, 0.05) is 46.4 Å². The molecule has 0 aromatic rings. The van der Waals surface area contributed by atoms with Crippen molar-refractivity contribution in [3.63, 3.8) is 0 Å². The minimum absolute atomic E-state index is 0.0531. The van der Waals surface area contributed by atoms with Crippen molar-refractivity contribution in [2.75, 3.05) is 53.5 Å². The number of likely N-dealkylation sites (N-methyl/N-ethyl adjacent to an activating group) is 1. The van der Waals surface area contributed by atoms with Crippen LogP contribution >= 0.6 is 0 Å². The van der Waals surface area contributed by atoms with Crippen LogP contribution in [0.25, 0.3) is 0 Å². The smallest absolute Gasteiger partial charge is 0.409 e. The van der Waals surface area contributed by atoms with Gasteiger partial charge in [-0.15, -0.1) is 0 Å². The van der Waals surface area contributed by atoms with Crippen molar-refractivity contribution in [2.24, 2.45) is 10.9 Å². The summed E-state index contributed by atoms with van der Waals surface area (Å²) >= 11 is 0. The molecule has 0 bridgehead atoms. The highest BCUT2D eigenvalue weighted by molar-refractivity contribution is 5.85. The van der Waals surface area contributed by atoms with Crippen LogP contribution in [0.3, 0.4) is 0 Å². The van der Waals surface area contributed by atoms with E-state index >= 15 is 0 Å². The maximum atomic E-state index is 12.0. The lowest BCUT2D eigenvalue weighted by molar-refractivity contribution is -0.127. The minimum atomic E-state index is -0.254. The van der Waals surface area contributed by atoms with Crippen LogP contribution in [0.1, 0.15) is 47.0 Å². The Morgan fingerprint density at radius 3 is 2.37 bits per heavy atom. The van der Waals surface area contributed by atoms with Crippen molar-refractivity contribution in [3.05, 3.63) is 0 Å². The molecule has 1 fully saturated rings. The Hall–Kier alpha value is -2.03. The molecule has 1 aliphatic rings. The Labute approximate surface area is 181 Å². The first-order chi connectivity index (χ1) is 14.3. The van der Waals surface area contributed by atoms with Crippen LogP contribution in [0.5, 0.6) is 0 Å². The summed E-state index contributed by atoms with van der Waals surface area (Å²) < 4.78 is 10.9. The van der Waals surface area contributed by atoms with Crippen LogP contribution in [-0.2, 0) is 14.3 Å². The maximum absolute atomic E-state index is 12.0. The SMILES string of the molecule is CCOC(=O)N1CCC(NC(=NCC(=O)N(C)C)NCCC(OCC)C(C)C)CC1. The monoisotopic (exact) mass is 427 g/mol. The second-order valence-electron chi connectivity index (χ2n) is 8.01. The number of carbonyl (C=O) groups is 2. The number of nitrogens with zero attached hydrogens (tertiary/aromatic N) is 3. The van der Waals surface area contributed by atoms with Gasteiger partial charge < -0.3 is 29.9 Å². The van der Waals surface area contributed by atoms with Gasteiger partial charge in [0.2, 0.25) is 5.91 Å². The van der Waals surface area contributed by atoms with Crippen LogP contribution in [0.15, 0.2) is 4.99 Å². The molecule has 1 aliphatic heterocycles. The molecule has 9 heteroatoms. The molecule has 0 aliphatic carbocycles. The summed E-state index contributed by atoms with van der Waals surface area (Å²) in [6.45, 7) is 11.3. The predicted molar refractivity (Wildman–Crippen MR) is 119 cm³/mol. The Balaban J connectivity index is 2.62. The lowest BCUT2D eigenvalue weighted by Gasteiger charge is -2.32. The van der Waals surface area contributed by atoms with Gasteiger partial charge in [0.25, 0.3) is 0 Å². The number of ether oxygens (including phenoxy) is 2. The molecule has 0 spiro atoms. The first-order valence-electron chi connectivity index (χ1n) is 11.1. The van der Waals surface area contributed by atoms with Gasteiger partial charge in [-0.1, -0.05) is 13.8 Å². The van der Waals surface area contributed by atoms with E-state index in [0.717, 1.165) is 19.3 Å². The molecule has 2 N–H and O–H groups in total. The Morgan fingerprint density at radius 2 is 1.83 bits per heavy atom. The molecular weight excluding hydrogens is 386 g/mol. The third-order valence-electron chi connectivity index (χ3n) is 5.08. The largest absolute Gasteiger partial charge is 0.450 e. The number of guanidine groups is 1. The second kappa shape index (κ2) is 14.1. The van der Waals surface area contributed by atoms with E-state index in [0.29, 0.717) is 44.7 Å². The molecule has 2 amide bonds. The molecule has 1 heterocycles. The maximum Gasteiger partial charge on any atom is 0.409 e. The second-order valence-corrected chi connectivity index (χ2v) is 8.01. The van der Waals surface area contributed by atoms with Crippen molar-refractivity contribution in [2.45, 2.75) is 59.1 Å². The minimum Gasteiger partial charge on any atom is -0.450 e. The first kappa shape index (κ1) is 26.0. The number of nitrogens with one attached hydrogen (secondary N) is 2. The summed E-state index contributed by atoms with van der Waals surface area (Å²) in [5.74, 6) is 1.00. The molecule has 0 saturated carbocycles. The van der Waals surface area contributed by atoms with Crippen molar-refractivity contribution in [1.82, 2.24) is 20.4 Å². The number of hydrogen-bond donors (Lipinski definition) is 2. The zero-order valence-electron chi connectivity index (χ0n) is 19.6. The van der Waals surface area contributed by atoms with E-state index in [1.54, 1.807) is 19.0 Å². The quantitative estimate of drug-likeness (QED) is 0.407. The van der Waals surface area contributed by atoms with E-state index in [4.69, 9.17) is 9.47 Å². The van der Waals surface area contributed by atoms with Gasteiger partial charge in [0.05, 0.1) is 12.7 Å². The summed E-state index contributed by atoms with van der Waals surface area (Å²) in [6.07, 6.45) is 2.38. The number of likely N-dealkylation sites (tertiary alicyclic amines) is 1. The van der Waals surface area contributed by atoms with Gasteiger partial charge in [-0.2, -0.15) is 0 Å². The van der Waals surface area contributed by atoms with Crippen LogP contribution in [0.4, 0.5) is 4.79 Å². The number of rotatable bonds is 10. The highest BCUT2D eigenvalue weighted by atomic mass is 16.6. The van der Waals surface area contributed by atoms with Gasteiger partial charge in [-0.05, 0) is 39.0 Å². The zero-order chi connectivity index (χ0) is 22.5. The summed E-state index contributed by atoms with van der Waals surface area (Å²) in [7, 11) is 3.44. The molecule has 1 saturated heterocycles. The van der Waals surface area contributed by atoms with Crippen molar-refractivity contribution in [3.8, 4) is 0 Å². The van der Waals surface area contributed by atoms with E-state index in [1.807, 2.05) is 13.8 Å². The summed E-state index contributed by atoms with van der Waals surface area (Å²) in [5, 5.41) is 6.77. The molecule has 0 aromatic carbocycles. The average Bonchev–Trinajstić information content (AvgIpc) is 2.71. The molecule has 1 atom stereocenters. The van der Waals surface area contributed by atoms with E-state index in [-0.39, 0.29) is 30.7 Å². The van der Waals surface area contributed by atoms with E-state index in [1.165, 1.54) is 4.90 Å².